The van der Waals surface area contributed by atoms with Gasteiger partial charge in [-0.15, -0.1) is 0 Å². The van der Waals surface area contributed by atoms with Crippen LogP contribution in [0.5, 0.6) is 5.75 Å². The summed E-state index contributed by atoms with van der Waals surface area (Å²) in [7, 11) is 1.56. The lowest BCUT2D eigenvalue weighted by molar-refractivity contribution is -0.127. The summed E-state index contributed by atoms with van der Waals surface area (Å²) >= 11 is 5.95. The number of halogens is 1. The second kappa shape index (κ2) is 9.99. The summed E-state index contributed by atoms with van der Waals surface area (Å²) in [6, 6.07) is 14.6. The van der Waals surface area contributed by atoms with Crippen molar-refractivity contribution in [2.45, 2.75) is 20.3 Å². The molecule has 0 atom stereocenters. The number of hydrogen-bond acceptors (Lipinski definition) is 5. The first-order chi connectivity index (χ1) is 14.9. The van der Waals surface area contributed by atoms with E-state index >= 15 is 0 Å². The van der Waals surface area contributed by atoms with Crippen molar-refractivity contribution in [3.05, 3.63) is 70.5 Å². The van der Waals surface area contributed by atoms with Crippen LogP contribution in [0.15, 0.2) is 48.5 Å². The second-order valence-electron chi connectivity index (χ2n) is 6.86. The molecule has 2 aromatic carbocycles. The van der Waals surface area contributed by atoms with Crippen LogP contribution in [-0.2, 0) is 16.0 Å². The normalized spacial score (nSPS) is 10.5. The lowest BCUT2D eigenvalue weighted by atomic mass is 10.1. The molecule has 0 spiro atoms. The van der Waals surface area contributed by atoms with E-state index in [1.165, 1.54) is 0 Å². The van der Waals surface area contributed by atoms with Crippen LogP contribution in [0, 0.1) is 13.8 Å². The minimum atomic E-state index is -0.385. The second-order valence-corrected chi connectivity index (χ2v) is 7.30. The number of carbonyl (C=O) groups is 2. The molecule has 0 fully saturated rings. The summed E-state index contributed by atoms with van der Waals surface area (Å²) in [6.07, 6.45) is 0.0888. The van der Waals surface area contributed by atoms with Gasteiger partial charge in [-0.1, -0.05) is 23.7 Å². The molecular formula is C22H24ClN5O3. The van der Waals surface area contributed by atoms with Crippen molar-refractivity contribution in [3.8, 4) is 11.4 Å². The number of benzene rings is 2. The van der Waals surface area contributed by atoms with Crippen molar-refractivity contribution in [2.75, 3.05) is 19.0 Å². The highest BCUT2D eigenvalue weighted by atomic mass is 35.5. The molecule has 31 heavy (non-hydrogen) atoms. The summed E-state index contributed by atoms with van der Waals surface area (Å²) in [4.78, 5) is 24.4. The van der Waals surface area contributed by atoms with E-state index in [1.54, 1.807) is 36.1 Å². The molecule has 8 nitrogen and oxygen atoms in total. The minimum Gasteiger partial charge on any atom is -0.495 e. The summed E-state index contributed by atoms with van der Waals surface area (Å²) in [6.45, 7) is 3.72. The predicted octanol–water partition coefficient (Wildman–Crippen LogP) is 2.95. The first-order valence-corrected chi connectivity index (χ1v) is 10.0. The Kier molecular flexibility index (Phi) is 7.15. The molecular weight excluding hydrogens is 418 g/mol. The van der Waals surface area contributed by atoms with Crippen LogP contribution in [0.1, 0.15) is 17.0 Å². The first-order valence-electron chi connectivity index (χ1n) is 9.64. The highest BCUT2D eigenvalue weighted by molar-refractivity contribution is 6.30. The number of aryl methyl sites for hydroxylation is 1. The smallest absolute Gasteiger partial charge is 0.257 e. The van der Waals surface area contributed by atoms with Gasteiger partial charge in [0.15, 0.2) is 0 Å². The van der Waals surface area contributed by atoms with Gasteiger partial charge in [-0.2, -0.15) is 5.10 Å². The molecule has 162 valence electrons. The van der Waals surface area contributed by atoms with Gasteiger partial charge in [0.1, 0.15) is 5.75 Å². The number of hydrazine groups is 1. The molecule has 0 aliphatic heterocycles. The average molecular weight is 442 g/mol. The van der Waals surface area contributed by atoms with E-state index in [1.807, 2.05) is 38.1 Å². The summed E-state index contributed by atoms with van der Waals surface area (Å²) in [5.74, 6) is -0.0972. The lowest BCUT2D eigenvalue weighted by Crippen LogP contribution is -2.44. The Morgan fingerprint density at radius 2 is 1.71 bits per heavy atom. The molecule has 0 unspecified atom stereocenters. The number of methoxy groups -OCH3 is 1. The maximum atomic E-state index is 12.4. The Morgan fingerprint density at radius 1 is 1.03 bits per heavy atom. The number of carbonyl (C=O) groups excluding carboxylic acids is 2. The monoisotopic (exact) mass is 441 g/mol. The molecule has 0 aliphatic carbocycles. The summed E-state index contributed by atoms with van der Waals surface area (Å²) < 4.78 is 6.99. The molecule has 1 aromatic heterocycles. The molecule has 0 saturated carbocycles. The average Bonchev–Trinajstić information content (AvgIpc) is 3.05. The van der Waals surface area contributed by atoms with Gasteiger partial charge < -0.3 is 10.1 Å². The number of hydrogen-bond donors (Lipinski definition) is 3. The van der Waals surface area contributed by atoms with Crippen molar-refractivity contribution < 1.29 is 14.3 Å². The Labute approximate surface area is 185 Å². The largest absolute Gasteiger partial charge is 0.495 e. The van der Waals surface area contributed by atoms with Crippen LogP contribution < -0.4 is 20.9 Å². The third kappa shape index (κ3) is 5.55. The summed E-state index contributed by atoms with van der Waals surface area (Å²) in [5.41, 5.74) is 8.78. The zero-order valence-electron chi connectivity index (χ0n) is 17.5. The number of rotatable bonds is 7. The lowest BCUT2D eigenvalue weighted by Gasteiger charge is -2.11. The zero-order chi connectivity index (χ0) is 22.4. The molecule has 2 amide bonds. The van der Waals surface area contributed by atoms with Gasteiger partial charge in [-0.25, -0.2) is 4.68 Å². The molecule has 0 radical (unpaired) electrons. The van der Waals surface area contributed by atoms with E-state index < -0.39 is 0 Å². The summed E-state index contributed by atoms with van der Waals surface area (Å²) in [5, 5.41) is 8.13. The van der Waals surface area contributed by atoms with Crippen molar-refractivity contribution >= 4 is 29.1 Å². The van der Waals surface area contributed by atoms with E-state index in [9.17, 15) is 9.59 Å². The van der Waals surface area contributed by atoms with Crippen LogP contribution in [0.4, 0.5) is 5.69 Å². The van der Waals surface area contributed by atoms with Gasteiger partial charge in [-0.05, 0) is 50.2 Å². The fourth-order valence-electron chi connectivity index (χ4n) is 3.12. The minimum absolute atomic E-state index is 0.0206. The van der Waals surface area contributed by atoms with Crippen molar-refractivity contribution in [2.24, 2.45) is 0 Å². The molecule has 1 heterocycles. The molecule has 3 N–H and O–H groups in total. The van der Waals surface area contributed by atoms with Crippen LogP contribution in [0.2, 0.25) is 5.02 Å². The van der Waals surface area contributed by atoms with E-state index in [0.29, 0.717) is 16.5 Å². The van der Waals surface area contributed by atoms with Gasteiger partial charge in [0.05, 0.1) is 37.1 Å². The topological polar surface area (TPSA) is 97.3 Å². The first kappa shape index (κ1) is 22.2. The number of anilines is 1. The van der Waals surface area contributed by atoms with Crippen molar-refractivity contribution in [3.63, 3.8) is 0 Å². The number of nitrogens with zero attached hydrogens (tertiary/aromatic N) is 2. The van der Waals surface area contributed by atoms with E-state index in [-0.39, 0.29) is 24.8 Å². The van der Waals surface area contributed by atoms with Gasteiger partial charge in [-0.3, -0.25) is 20.4 Å². The van der Waals surface area contributed by atoms with Crippen LogP contribution in [0.3, 0.4) is 0 Å². The maximum Gasteiger partial charge on any atom is 0.257 e. The quantitative estimate of drug-likeness (QED) is 0.490. The highest BCUT2D eigenvalue weighted by Crippen LogP contribution is 2.22. The Balaban J connectivity index is 1.55. The fourth-order valence-corrected chi connectivity index (χ4v) is 3.25. The Hall–Kier alpha value is -3.52. The van der Waals surface area contributed by atoms with E-state index in [4.69, 9.17) is 16.3 Å². The van der Waals surface area contributed by atoms with Gasteiger partial charge >= 0.3 is 0 Å². The Bertz CT molecular complexity index is 1080. The SMILES string of the molecule is COc1ccccc1NCC(=O)NNC(=O)Cc1c(C)nn(-c2ccc(Cl)cc2)c1C. The number of nitrogens with one attached hydrogen (secondary N) is 3. The predicted molar refractivity (Wildman–Crippen MR) is 120 cm³/mol. The van der Waals surface area contributed by atoms with Gasteiger partial charge in [0.2, 0.25) is 5.91 Å². The van der Waals surface area contributed by atoms with Crippen LogP contribution in [0.25, 0.3) is 5.69 Å². The van der Waals surface area contributed by atoms with E-state index in [2.05, 4.69) is 21.3 Å². The number of amides is 2. The van der Waals surface area contributed by atoms with Crippen molar-refractivity contribution in [1.29, 1.82) is 0 Å². The number of para-hydroxylation sites is 2. The van der Waals surface area contributed by atoms with Gasteiger partial charge in [0, 0.05) is 16.3 Å². The third-order valence-corrected chi connectivity index (χ3v) is 4.99. The molecule has 3 rings (SSSR count). The van der Waals surface area contributed by atoms with Crippen LogP contribution in [-0.4, -0.2) is 35.2 Å². The van der Waals surface area contributed by atoms with Crippen LogP contribution >= 0.6 is 11.6 Å². The third-order valence-electron chi connectivity index (χ3n) is 4.74. The Morgan fingerprint density at radius 3 is 2.42 bits per heavy atom. The zero-order valence-corrected chi connectivity index (χ0v) is 18.3. The highest BCUT2D eigenvalue weighted by Gasteiger charge is 2.16. The number of ether oxygens (including phenoxy) is 1. The maximum absolute atomic E-state index is 12.4. The molecule has 9 heteroatoms. The number of aromatic nitrogens is 2. The van der Waals surface area contributed by atoms with Crippen molar-refractivity contribution in [1.82, 2.24) is 20.6 Å². The molecule has 0 bridgehead atoms. The molecule has 3 aromatic rings. The van der Waals surface area contributed by atoms with Gasteiger partial charge in [0.25, 0.3) is 5.91 Å². The van der Waals surface area contributed by atoms with E-state index in [0.717, 1.165) is 22.6 Å². The molecule has 0 saturated heterocycles. The fraction of sp³-hybridized carbons (Fsp3) is 0.227. The standard InChI is InChI=1S/C22H24ClN5O3/c1-14-18(15(2)28(27-14)17-10-8-16(23)9-11-17)12-21(29)25-26-22(30)13-24-19-6-4-5-7-20(19)31-3/h4-11,24H,12-13H2,1-3H3,(H,25,29)(H,26,30). The molecule has 0 aliphatic rings.